The van der Waals surface area contributed by atoms with Gasteiger partial charge in [0.2, 0.25) is 0 Å². The highest BCUT2D eigenvalue weighted by Crippen LogP contribution is 2.29. The van der Waals surface area contributed by atoms with Gasteiger partial charge in [-0.2, -0.15) is 0 Å². The van der Waals surface area contributed by atoms with Gasteiger partial charge in [-0.25, -0.2) is 4.79 Å². The van der Waals surface area contributed by atoms with Crippen LogP contribution in [0.5, 0.6) is 0 Å². The van der Waals surface area contributed by atoms with Crippen molar-refractivity contribution in [1.29, 1.82) is 0 Å². The number of hydrogen-bond acceptors (Lipinski definition) is 2. The van der Waals surface area contributed by atoms with Crippen LogP contribution < -0.4 is 0 Å². The third kappa shape index (κ3) is 4.13. The average molecular weight is 250 g/mol. The molecule has 0 fully saturated rings. The van der Waals surface area contributed by atoms with Crippen LogP contribution in [0.3, 0.4) is 0 Å². The Bertz CT molecular complexity index is 391. The highest BCUT2D eigenvalue weighted by Gasteiger charge is 2.25. The molecule has 2 atom stereocenters. The summed E-state index contributed by atoms with van der Waals surface area (Å²) in [6.07, 6.45) is 7.05. The SMILES string of the molecule is CC1=CC(=O)C(C(C)CC/C=C(\C)C(=O)O)CC1. The van der Waals surface area contributed by atoms with Crippen molar-refractivity contribution in [2.24, 2.45) is 11.8 Å². The normalized spacial score (nSPS) is 22.6. The number of rotatable bonds is 5. The van der Waals surface area contributed by atoms with E-state index in [0.717, 1.165) is 25.7 Å². The molecule has 0 aromatic rings. The minimum Gasteiger partial charge on any atom is -0.478 e. The monoisotopic (exact) mass is 250 g/mol. The van der Waals surface area contributed by atoms with Gasteiger partial charge >= 0.3 is 5.97 Å². The molecule has 0 amide bonds. The summed E-state index contributed by atoms with van der Waals surface area (Å²) in [5.74, 6) is -0.188. The summed E-state index contributed by atoms with van der Waals surface area (Å²) in [4.78, 5) is 22.5. The van der Waals surface area contributed by atoms with Gasteiger partial charge in [0.15, 0.2) is 5.78 Å². The van der Waals surface area contributed by atoms with E-state index in [9.17, 15) is 9.59 Å². The molecule has 0 aliphatic heterocycles. The summed E-state index contributed by atoms with van der Waals surface area (Å²) in [6, 6.07) is 0. The van der Waals surface area contributed by atoms with Gasteiger partial charge in [-0.15, -0.1) is 0 Å². The van der Waals surface area contributed by atoms with Gasteiger partial charge in [0.25, 0.3) is 0 Å². The molecule has 1 N–H and O–H groups in total. The van der Waals surface area contributed by atoms with Crippen molar-refractivity contribution in [3.05, 3.63) is 23.3 Å². The second-order valence-electron chi connectivity index (χ2n) is 5.29. The van der Waals surface area contributed by atoms with E-state index in [0.29, 0.717) is 11.5 Å². The van der Waals surface area contributed by atoms with E-state index in [1.807, 2.05) is 6.92 Å². The molecule has 0 spiro atoms. The van der Waals surface area contributed by atoms with Gasteiger partial charge in [-0.3, -0.25) is 4.79 Å². The first-order chi connectivity index (χ1) is 8.41. The van der Waals surface area contributed by atoms with Crippen LogP contribution in [0.1, 0.15) is 46.5 Å². The van der Waals surface area contributed by atoms with Gasteiger partial charge < -0.3 is 5.11 Å². The lowest BCUT2D eigenvalue weighted by atomic mass is 9.79. The van der Waals surface area contributed by atoms with Gasteiger partial charge in [0.1, 0.15) is 0 Å². The Balaban J connectivity index is 2.47. The van der Waals surface area contributed by atoms with E-state index >= 15 is 0 Å². The van der Waals surface area contributed by atoms with Crippen LogP contribution in [-0.2, 0) is 9.59 Å². The van der Waals surface area contributed by atoms with Gasteiger partial charge in [0, 0.05) is 11.5 Å². The van der Waals surface area contributed by atoms with E-state index < -0.39 is 5.97 Å². The molecule has 0 heterocycles. The zero-order valence-electron chi connectivity index (χ0n) is 11.4. The van der Waals surface area contributed by atoms with Crippen LogP contribution in [-0.4, -0.2) is 16.9 Å². The lowest BCUT2D eigenvalue weighted by Gasteiger charge is -2.25. The Morgan fingerprint density at radius 2 is 2.28 bits per heavy atom. The quantitative estimate of drug-likeness (QED) is 0.761. The summed E-state index contributed by atoms with van der Waals surface area (Å²) < 4.78 is 0. The molecule has 3 nitrogen and oxygen atoms in total. The molecule has 0 saturated heterocycles. The van der Waals surface area contributed by atoms with Gasteiger partial charge in [0.05, 0.1) is 0 Å². The third-order valence-corrected chi connectivity index (χ3v) is 3.70. The molecule has 3 heteroatoms. The van der Waals surface area contributed by atoms with Gasteiger partial charge in [-0.05, 0) is 51.5 Å². The molecule has 0 aromatic carbocycles. The van der Waals surface area contributed by atoms with Crippen LogP contribution in [0.2, 0.25) is 0 Å². The lowest BCUT2D eigenvalue weighted by molar-refractivity contribution is -0.132. The Kier molecular flexibility index (Phi) is 5.32. The van der Waals surface area contributed by atoms with Crippen LogP contribution in [0.15, 0.2) is 23.3 Å². The molecule has 0 aromatic heterocycles. The van der Waals surface area contributed by atoms with E-state index in [1.165, 1.54) is 5.57 Å². The first kappa shape index (κ1) is 14.7. The van der Waals surface area contributed by atoms with Crippen LogP contribution in [0.4, 0.5) is 0 Å². The van der Waals surface area contributed by atoms with Crippen molar-refractivity contribution < 1.29 is 14.7 Å². The fraction of sp³-hybridized carbons (Fsp3) is 0.600. The zero-order valence-corrected chi connectivity index (χ0v) is 11.4. The van der Waals surface area contributed by atoms with Crippen LogP contribution in [0, 0.1) is 11.8 Å². The molecule has 100 valence electrons. The summed E-state index contributed by atoms with van der Waals surface area (Å²) in [5, 5.41) is 8.74. The highest BCUT2D eigenvalue weighted by molar-refractivity contribution is 5.93. The van der Waals surface area contributed by atoms with E-state index in [1.54, 1.807) is 19.1 Å². The second-order valence-corrected chi connectivity index (χ2v) is 5.29. The maximum Gasteiger partial charge on any atom is 0.330 e. The molecule has 1 aliphatic rings. The maximum atomic E-state index is 11.9. The smallest absolute Gasteiger partial charge is 0.330 e. The first-order valence-electron chi connectivity index (χ1n) is 6.53. The zero-order chi connectivity index (χ0) is 13.7. The number of carboxylic acid groups (broad SMARTS) is 1. The number of hydrogen-bond donors (Lipinski definition) is 1. The number of aliphatic carboxylic acids is 1. The largest absolute Gasteiger partial charge is 0.478 e. The average Bonchev–Trinajstić information content (AvgIpc) is 2.28. The van der Waals surface area contributed by atoms with Crippen molar-refractivity contribution in [2.75, 3.05) is 0 Å². The van der Waals surface area contributed by atoms with Crippen molar-refractivity contribution in [1.82, 2.24) is 0 Å². The summed E-state index contributed by atoms with van der Waals surface area (Å²) in [7, 11) is 0. The van der Waals surface area contributed by atoms with Crippen LogP contribution >= 0.6 is 0 Å². The lowest BCUT2D eigenvalue weighted by Crippen LogP contribution is -2.23. The molecule has 0 radical (unpaired) electrons. The molecular formula is C15H22O3. The fourth-order valence-corrected chi connectivity index (χ4v) is 2.36. The molecule has 18 heavy (non-hydrogen) atoms. The molecule has 2 unspecified atom stereocenters. The predicted molar refractivity (Wildman–Crippen MR) is 71.3 cm³/mol. The third-order valence-electron chi connectivity index (χ3n) is 3.70. The Labute approximate surface area is 109 Å². The predicted octanol–water partition coefficient (Wildman–Crippen LogP) is 3.36. The van der Waals surface area contributed by atoms with E-state index in [4.69, 9.17) is 5.11 Å². The summed E-state index contributed by atoms with van der Waals surface area (Å²) >= 11 is 0. The molecule has 0 saturated carbocycles. The minimum atomic E-state index is -0.866. The molecule has 0 bridgehead atoms. The Hall–Kier alpha value is -1.38. The maximum absolute atomic E-state index is 11.9. The minimum absolute atomic E-state index is 0.118. The van der Waals surface area contributed by atoms with Gasteiger partial charge in [-0.1, -0.05) is 18.6 Å². The summed E-state index contributed by atoms with van der Waals surface area (Å²) in [5.41, 5.74) is 1.55. The van der Waals surface area contributed by atoms with E-state index in [2.05, 4.69) is 6.92 Å². The molecule has 1 aliphatic carbocycles. The van der Waals surface area contributed by atoms with Crippen molar-refractivity contribution in [2.45, 2.75) is 46.5 Å². The highest BCUT2D eigenvalue weighted by atomic mass is 16.4. The van der Waals surface area contributed by atoms with E-state index in [-0.39, 0.29) is 11.7 Å². The Morgan fingerprint density at radius 3 is 2.83 bits per heavy atom. The number of carbonyl (C=O) groups is 2. The fourth-order valence-electron chi connectivity index (χ4n) is 2.36. The topological polar surface area (TPSA) is 54.4 Å². The summed E-state index contributed by atoms with van der Waals surface area (Å²) in [6.45, 7) is 5.68. The number of allylic oxidation sites excluding steroid dienone is 3. The number of ketones is 1. The van der Waals surface area contributed by atoms with Crippen molar-refractivity contribution in [3.63, 3.8) is 0 Å². The number of carboxylic acids is 1. The van der Waals surface area contributed by atoms with Crippen molar-refractivity contribution in [3.8, 4) is 0 Å². The molecular weight excluding hydrogens is 228 g/mol. The Morgan fingerprint density at radius 1 is 1.61 bits per heavy atom. The second kappa shape index (κ2) is 6.53. The number of carbonyl (C=O) groups excluding carboxylic acids is 1. The van der Waals surface area contributed by atoms with Crippen LogP contribution in [0.25, 0.3) is 0 Å². The standard InChI is InChI=1S/C15H22O3/c1-10-7-8-13(14(16)9-10)11(2)5-4-6-12(3)15(17)18/h6,9,11,13H,4-5,7-8H2,1-3H3,(H,17,18)/b12-6+. The molecule has 1 rings (SSSR count). The first-order valence-corrected chi connectivity index (χ1v) is 6.53. The van der Waals surface area contributed by atoms with Crippen molar-refractivity contribution >= 4 is 11.8 Å².